The summed E-state index contributed by atoms with van der Waals surface area (Å²) in [7, 11) is 1.54. The van der Waals surface area contributed by atoms with Crippen molar-refractivity contribution < 1.29 is 9.13 Å². The molecule has 0 amide bonds. The van der Waals surface area contributed by atoms with Gasteiger partial charge in [0.05, 0.1) is 13.7 Å². The average Bonchev–Trinajstić information content (AvgIpc) is 2.86. The third-order valence-electron chi connectivity index (χ3n) is 3.22. The lowest BCUT2D eigenvalue weighted by Gasteiger charge is -2.13. The van der Waals surface area contributed by atoms with Crippen LogP contribution in [0.15, 0.2) is 36.5 Å². The van der Waals surface area contributed by atoms with Gasteiger partial charge in [-0.2, -0.15) is 0 Å². The van der Waals surface area contributed by atoms with E-state index in [0.717, 1.165) is 12.2 Å². The van der Waals surface area contributed by atoms with Gasteiger partial charge in [0.15, 0.2) is 0 Å². The van der Waals surface area contributed by atoms with Gasteiger partial charge >= 0.3 is 0 Å². The van der Waals surface area contributed by atoms with Crippen molar-refractivity contribution in [3.8, 4) is 5.75 Å². The summed E-state index contributed by atoms with van der Waals surface area (Å²) in [5.74, 6) is 0.307. The van der Waals surface area contributed by atoms with E-state index in [0.29, 0.717) is 23.9 Å². The lowest BCUT2D eigenvalue weighted by atomic mass is 10.2. The first kappa shape index (κ1) is 14.6. The number of hydrogen-bond donors (Lipinski definition) is 1. The number of aromatic nitrogens is 1. The van der Waals surface area contributed by atoms with Gasteiger partial charge in [0, 0.05) is 36.1 Å². The highest BCUT2D eigenvalue weighted by molar-refractivity contribution is 5.29. The Bertz CT molecular complexity index is 563. The second kappa shape index (κ2) is 6.57. The van der Waals surface area contributed by atoms with Crippen LogP contribution in [-0.4, -0.2) is 17.7 Å². The molecular weight excluding hydrogens is 255 g/mol. The van der Waals surface area contributed by atoms with Gasteiger partial charge in [-0.05, 0) is 18.2 Å². The van der Waals surface area contributed by atoms with Crippen LogP contribution < -0.4 is 10.1 Å². The topological polar surface area (TPSA) is 26.2 Å². The maximum atomic E-state index is 14.0. The molecule has 0 atom stereocenters. The van der Waals surface area contributed by atoms with Crippen molar-refractivity contribution in [2.24, 2.45) is 0 Å². The van der Waals surface area contributed by atoms with Crippen molar-refractivity contribution in [3.05, 3.63) is 53.6 Å². The van der Waals surface area contributed by atoms with E-state index in [1.807, 2.05) is 12.3 Å². The molecule has 0 fully saturated rings. The molecule has 0 unspecified atom stereocenters. The third-order valence-corrected chi connectivity index (χ3v) is 3.22. The van der Waals surface area contributed by atoms with Gasteiger partial charge in [0.1, 0.15) is 11.6 Å². The van der Waals surface area contributed by atoms with Crippen molar-refractivity contribution in [3.63, 3.8) is 0 Å². The Balaban J connectivity index is 2.12. The van der Waals surface area contributed by atoms with Crippen molar-refractivity contribution in [2.45, 2.75) is 33.0 Å². The zero-order valence-electron chi connectivity index (χ0n) is 12.2. The number of benzene rings is 1. The molecule has 108 valence electrons. The van der Waals surface area contributed by atoms with Crippen molar-refractivity contribution >= 4 is 0 Å². The summed E-state index contributed by atoms with van der Waals surface area (Å²) in [6, 6.07) is 9.44. The Kier molecular flexibility index (Phi) is 4.79. The predicted octanol–water partition coefficient (Wildman–Crippen LogP) is 3.18. The molecule has 4 heteroatoms. The molecule has 20 heavy (non-hydrogen) atoms. The summed E-state index contributed by atoms with van der Waals surface area (Å²) in [5, 5.41) is 3.37. The molecule has 1 heterocycles. The molecule has 0 aliphatic carbocycles. The van der Waals surface area contributed by atoms with E-state index < -0.39 is 0 Å². The van der Waals surface area contributed by atoms with Crippen LogP contribution in [0.5, 0.6) is 5.75 Å². The second-order valence-corrected chi connectivity index (χ2v) is 5.12. The predicted molar refractivity (Wildman–Crippen MR) is 78.5 cm³/mol. The Morgan fingerprint density at radius 1 is 1.30 bits per heavy atom. The average molecular weight is 276 g/mol. The number of nitrogens with zero attached hydrogens (tertiary/aromatic N) is 1. The Hall–Kier alpha value is -1.81. The number of hydrogen-bond acceptors (Lipinski definition) is 2. The smallest absolute Gasteiger partial charge is 0.131 e. The quantitative estimate of drug-likeness (QED) is 0.877. The van der Waals surface area contributed by atoms with Gasteiger partial charge in [-0.3, -0.25) is 0 Å². The van der Waals surface area contributed by atoms with Gasteiger partial charge in [-0.15, -0.1) is 0 Å². The van der Waals surface area contributed by atoms with Crippen LogP contribution in [0.25, 0.3) is 0 Å². The van der Waals surface area contributed by atoms with E-state index in [1.54, 1.807) is 12.1 Å². The molecule has 2 rings (SSSR count). The Morgan fingerprint density at radius 3 is 2.75 bits per heavy atom. The standard InChI is InChI=1S/C16H21FN2O/c1-12(2)18-10-14-5-4-8-19(14)11-13-6-7-15(20-3)9-16(13)17/h4-9,12,18H,10-11H2,1-3H3. The van der Waals surface area contributed by atoms with Gasteiger partial charge in [-0.1, -0.05) is 19.9 Å². The van der Waals surface area contributed by atoms with Crippen LogP contribution in [0.1, 0.15) is 25.1 Å². The van der Waals surface area contributed by atoms with Gasteiger partial charge in [0.2, 0.25) is 0 Å². The highest BCUT2D eigenvalue weighted by Gasteiger charge is 2.07. The first-order valence-electron chi connectivity index (χ1n) is 6.80. The van der Waals surface area contributed by atoms with Crippen LogP contribution in [0.3, 0.4) is 0 Å². The second-order valence-electron chi connectivity index (χ2n) is 5.12. The van der Waals surface area contributed by atoms with Crippen LogP contribution in [0.2, 0.25) is 0 Å². The van der Waals surface area contributed by atoms with E-state index in [9.17, 15) is 4.39 Å². The maximum absolute atomic E-state index is 14.0. The maximum Gasteiger partial charge on any atom is 0.131 e. The molecule has 0 aliphatic heterocycles. The number of nitrogens with one attached hydrogen (secondary N) is 1. The van der Waals surface area contributed by atoms with Crippen LogP contribution in [-0.2, 0) is 13.1 Å². The summed E-state index contributed by atoms with van der Waals surface area (Å²) < 4.78 is 21.0. The summed E-state index contributed by atoms with van der Waals surface area (Å²) in [4.78, 5) is 0. The normalized spacial score (nSPS) is 11.1. The molecule has 0 spiro atoms. The summed E-state index contributed by atoms with van der Waals surface area (Å²) in [5.41, 5.74) is 1.81. The lowest BCUT2D eigenvalue weighted by Crippen LogP contribution is -2.23. The molecular formula is C16H21FN2O. The number of ether oxygens (including phenoxy) is 1. The summed E-state index contributed by atoms with van der Waals surface area (Å²) >= 11 is 0. The number of halogens is 1. The molecule has 0 bridgehead atoms. The first-order chi connectivity index (χ1) is 9.60. The van der Waals surface area contributed by atoms with Crippen LogP contribution >= 0.6 is 0 Å². The van der Waals surface area contributed by atoms with E-state index in [1.165, 1.54) is 13.2 Å². The van der Waals surface area contributed by atoms with Crippen molar-refractivity contribution in [1.82, 2.24) is 9.88 Å². The van der Waals surface area contributed by atoms with Crippen molar-refractivity contribution in [2.75, 3.05) is 7.11 Å². The molecule has 1 aromatic heterocycles. The van der Waals surface area contributed by atoms with Crippen LogP contribution in [0, 0.1) is 5.82 Å². The molecule has 2 aromatic rings. The van der Waals surface area contributed by atoms with E-state index in [4.69, 9.17) is 4.74 Å². The minimum Gasteiger partial charge on any atom is -0.497 e. The molecule has 0 aliphatic rings. The SMILES string of the molecule is COc1ccc(Cn2cccc2CNC(C)C)c(F)c1. The van der Waals surface area contributed by atoms with Gasteiger partial charge < -0.3 is 14.6 Å². The molecule has 0 saturated carbocycles. The highest BCUT2D eigenvalue weighted by atomic mass is 19.1. The Labute approximate surface area is 119 Å². The van der Waals surface area contributed by atoms with E-state index >= 15 is 0 Å². The zero-order valence-corrected chi connectivity index (χ0v) is 12.2. The minimum absolute atomic E-state index is 0.235. The minimum atomic E-state index is -0.235. The largest absolute Gasteiger partial charge is 0.497 e. The molecule has 1 aromatic carbocycles. The first-order valence-corrected chi connectivity index (χ1v) is 6.80. The van der Waals surface area contributed by atoms with E-state index in [2.05, 4.69) is 29.8 Å². The molecule has 0 saturated heterocycles. The number of rotatable bonds is 6. The van der Waals surface area contributed by atoms with Crippen molar-refractivity contribution in [1.29, 1.82) is 0 Å². The fraction of sp³-hybridized carbons (Fsp3) is 0.375. The monoisotopic (exact) mass is 276 g/mol. The summed E-state index contributed by atoms with van der Waals surface area (Å²) in [6.45, 7) is 5.52. The fourth-order valence-corrected chi connectivity index (χ4v) is 2.04. The third kappa shape index (κ3) is 3.61. The van der Waals surface area contributed by atoms with Gasteiger partial charge in [-0.25, -0.2) is 4.39 Å². The molecule has 1 N–H and O–H groups in total. The molecule has 0 radical (unpaired) electrons. The molecule has 3 nitrogen and oxygen atoms in total. The zero-order chi connectivity index (χ0) is 14.5. The van der Waals surface area contributed by atoms with E-state index in [-0.39, 0.29) is 5.82 Å². The fourth-order valence-electron chi connectivity index (χ4n) is 2.04. The number of methoxy groups -OCH3 is 1. The lowest BCUT2D eigenvalue weighted by molar-refractivity contribution is 0.410. The highest BCUT2D eigenvalue weighted by Crippen LogP contribution is 2.18. The summed E-state index contributed by atoms with van der Waals surface area (Å²) in [6.07, 6.45) is 1.97. The van der Waals surface area contributed by atoms with Gasteiger partial charge in [0.25, 0.3) is 0 Å². The van der Waals surface area contributed by atoms with Crippen LogP contribution in [0.4, 0.5) is 4.39 Å². The Morgan fingerprint density at radius 2 is 2.10 bits per heavy atom.